The highest BCUT2D eigenvalue weighted by Gasteiger charge is 2.18. The molecule has 0 saturated carbocycles. The van der Waals surface area contributed by atoms with Crippen LogP contribution in [0.1, 0.15) is 40.0 Å². The molecule has 0 saturated heterocycles. The molecule has 0 amide bonds. The standard InChI is InChI=1S/C16H23ClN2O/c1-4-10-20-15-7-6-13(17)11-14(15)19-12-16(2,3)8-5-9-18/h6-7,11,19H,4-5,8,10,12H2,1-3H3. The Morgan fingerprint density at radius 2 is 2.15 bits per heavy atom. The number of halogens is 1. The van der Waals surface area contributed by atoms with Gasteiger partial charge in [0.25, 0.3) is 0 Å². The van der Waals surface area contributed by atoms with E-state index in [2.05, 4.69) is 32.2 Å². The summed E-state index contributed by atoms with van der Waals surface area (Å²) < 4.78 is 5.71. The zero-order chi connectivity index (χ0) is 15.0. The van der Waals surface area contributed by atoms with Crippen molar-refractivity contribution in [3.05, 3.63) is 23.2 Å². The lowest BCUT2D eigenvalue weighted by atomic mass is 9.88. The number of anilines is 1. The van der Waals surface area contributed by atoms with Gasteiger partial charge in [-0.2, -0.15) is 5.26 Å². The van der Waals surface area contributed by atoms with E-state index in [0.717, 1.165) is 30.8 Å². The van der Waals surface area contributed by atoms with E-state index in [1.807, 2.05) is 18.2 Å². The van der Waals surface area contributed by atoms with Gasteiger partial charge in [-0.25, -0.2) is 0 Å². The minimum absolute atomic E-state index is 0.0556. The van der Waals surface area contributed by atoms with Crippen molar-refractivity contribution in [1.82, 2.24) is 0 Å². The molecule has 1 N–H and O–H groups in total. The summed E-state index contributed by atoms with van der Waals surface area (Å²) in [5.41, 5.74) is 0.969. The van der Waals surface area contributed by atoms with Crippen molar-refractivity contribution in [3.8, 4) is 11.8 Å². The van der Waals surface area contributed by atoms with Crippen LogP contribution in [0.15, 0.2) is 18.2 Å². The van der Waals surface area contributed by atoms with E-state index in [1.165, 1.54) is 0 Å². The number of nitriles is 1. The van der Waals surface area contributed by atoms with E-state index in [-0.39, 0.29) is 5.41 Å². The minimum atomic E-state index is 0.0556. The highest BCUT2D eigenvalue weighted by Crippen LogP contribution is 2.30. The number of hydrogen-bond donors (Lipinski definition) is 1. The molecule has 0 aliphatic heterocycles. The predicted octanol–water partition coefficient (Wildman–Crippen LogP) is 4.87. The topological polar surface area (TPSA) is 45.0 Å². The Labute approximate surface area is 126 Å². The van der Waals surface area contributed by atoms with Crippen molar-refractivity contribution < 1.29 is 4.74 Å². The molecule has 20 heavy (non-hydrogen) atoms. The van der Waals surface area contributed by atoms with Crippen molar-refractivity contribution in [3.63, 3.8) is 0 Å². The molecule has 0 aliphatic carbocycles. The van der Waals surface area contributed by atoms with Crippen LogP contribution in [0.2, 0.25) is 5.02 Å². The van der Waals surface area contributed by atoms with Crippen LogP contribution in [0.5, 0.6) is 5.75 Å². The summed E-state index contributed by atoms with van der Waals surface area (Å²) in [7, 11) is 0. The van der Waals surface area contributed by atoms with E-state index >= 15 is 0 Å². The summed E-state index contributed by atoms with van der Waals surface area (Å²) in [5.74, 6) is 0.826. The molecule has 0 unspecified atom stereocenters. The van der Waals surface area contributed by atoms with Crippen LogP contribution >= 0.6 is 11.6 Å². The molecule has 3 nitrogen and oxygen atoms in total. The van der Waals surface area contributed by atoms with Crippen molar-refractivity contribution in [1.29, 1.82) is 5.26 Å². The third kappa shape index (κ3) is 5.71. The average molecular weight is 295 g/mol. The fraction of sp³-hybridized carbons (Fsp3) is 0.562. The third-order valence-corrected chi connectivity index (χ3v) is 3.31. The van der Waals surface area contributed by atoms with E-state index in [1.54, 1.807) is 0 Å². The summed E-state index contributed by atoms with van der Waals surface area (Å²) in [5, 5.41) is 12.8. The van der Waals surface area contributed by atoms with Crippen molar-refractivity contribution in [2.75, 3.05) is 18.5 Å². The quantitative estimate of drug-likeness (QED) is 0.744. The molecule has 0 heterocycles. The summed E-state index contributed by atoms with van der Waals surface area (Å²) in [4.78, 5) is 0. The van der Waals surface area contributed by atoms with Crippen molar-refractivity contribution >= 4 is 17.3 Å². The molecule has 0 aromatic heterocycles. The number of nitrogens with one attached hydrogen (secondary N) is 1. The molecule has 0 atom stereocenters. The molecular weight excluding hydrogens is 272 g/mol. The molecule has 110 valence electrons. The second-order valence-electron chi connectivity index (χ2n) is 5.66. The Kier molecular flexibility index (Phi) is 6.67. The molecule has 1 aromatic carbocycles. The second kappa shape index (κ2) is 8.01. The predicted molar refractivity (Wildman–Crippen MR) is 84.4 cm³/mol. The van der Waals surface area contributed by atoms with E-state index in [9.17, 15) is 0 Å². The number of hydrogen-bond acceptors (Lipinski definition) is 3. The normalized spacial score (nSPS) is 10.9. The Bertz CT molecular complexity index is 466. The maximum Gasteiger partial charge on any atom is 0.142 e. The molecule has 0 bridgehead atoms. The van der Waals surface area contributed by atoms with Gasteiger partial charge in [0, 0.05) is 18.0 Å². The first kappa shape index (κ1) is 16.7. The average Bonchev–Trinajstić information content (AvgIpc) is 2.42. The zero-order valence-electron chi connectivity index (χ0n) is 12.5. The van der Waals surface area contributed by atoms with Crippen molar-refractivity contribution in [2.45, 2.75) is 40.0 Å². The summed E-state index contributed by atoms with van der Waals surface area (Å²) in [6.45, 7) is 7.84. The first-order valence-electron chi connectivity index (χ1n) is 7.01. The molecule has 0 fully saturated rings. The van der Waals surface area contributed by atoms with Crippen LogP contribution in [-0.2, 0) is 0 Å². The SMILES string of the molecule is CCCOc1ccc(Cl)cc1NCC(C)(C)CCC#N. The van der Waals surface area contributed by atoms with Gasteiger partial charge in [-0.1, -0.05) is 32.4 Å². The minimum Gasteiger partial charge on any atom is -0.491 e. The van der Waals surface area contributed by atoms with Gasteiger partial charge in [0.2, 0.25) is 0 Å². The lowest BCUT2D eigenvalue weighted by Crippen LogP contribution is -2.23. The van der Waals surface area contributed by atoms with Crippen LogP contribution < -0.4 is 10.1 Å². The van der Waals surface area contributed by atoms with Crippen LogP contribution in [0.25, 0.3) is 0 Å². The zero-order valence-corrected chi connectivity index (χ0v) is 13.3. The maximum atomic E-state index is 8.68. The maximum absolute atomic E-state index is 8.68. The van der Waals surface area contributed by atoms with E-state index in [4.69, 9.17) is 21.6 Å². The van der Waals surface area contributed by atoms with Gasteiger partial charge >= 0.3 is 0 Å². The Morgan fingerprint density at radius 3 is 2.80 bits per heavy atom. The van der Waals surface area contributed by atoms with Gasteiger partial charge in [0.15, 0.2) is 0 Å². The van der Waals surface area contributed by atoms with Crippen molar-refractivity contribution in [2.24, 2.45) is 5.41 Å². The lowest BCUT2D eigenvalue weighted by Gasteiger charge is -2.25. The van der Waals surface area contributed by atoms with Gasteiger partial charge in [-0.3, -0.25) is 0 Å². The van der Waals surface area contributed by atoms with Gasteiger partial charge in [0.05, 0.1) is 18.4 Å². The molecule has 1 rings (SSSR count). The Balaban J connectivity index is 2.70. The molecule has 4 heteroatoms. The number of nitrogens with zero attached hydrogens (tertiary/aromatic N) is 1. The number of benzene rings is 1. The summed E-state index contributed by atoms with van der Waals surface area (Å²) in [6.07, 6.45) is 2.40. The highest BCUT2D eigenvalue weighted by atomic mass is 35.5. The lowest BCUT2D eigenvalue weighted by molar-refractivity contribution is 0.317. The number of rotatable bonds is 8. The molecular formula is C16H23ClN2O. The van der Waals surface area contributed by atoms with Crippen LogP contribution in [-0.4, -0.2) is 13.2 Å². The van der Waals surface area contributed by atoms with E-state index < -0.39 is 0 Å². The highest BCUT2D eigenvalue weighted by molar-refractivity contribution is 6.30. The molecule has 0 aliphatic rings. The Morgan fingerprint density at radius 1 is 1.40 bits per heavy atom. The smallest absolute Gasteiger partial charge is 0.142 e. The summed E-state index contributed by atoms with van der Waals surface area (Å²) >= 11 is 6.05. The monoisotopic (exact) mass is 294 g/mol. The van der Waals surface area contributed by atoms with Gasteiger partial charge in [-0.05, 0) is 36.5 Å². The first-order valence-corrected chi connectivity index (χ1v) is 7.39. The fourth-order valence-electron chi connectivity index (χ4n) is 1.80. The van der Waals surface area contributed by atoms with Gasteiger partial charge in [0.1, 0.15) is 5.75 Å². The molecule has 0 spiro atoms. The number of ether oxygens (including phenoxy) is 1. The Hall–Kier alpha value is -1.40. The van der Waals surface area contributed by atoms with E-state index in [0.29, 0.717) is 18.1 Å². The first-order chi connectivity index (χ1) is 9.48. The van der Waals surface area contributed by atoms with Gasteiger partial charge < -0.3 is 10.1 Å². The van der Waals surface area contributed by atoms with Gasteiger partial charge in [-0.15, -0.1) is 0 Å². The molecule has 0 radical (unpaired) electrons. The summed E-state index contributed by atoms with van der Waals surface area (Å²) in [6, 6.07) is 7.80. The third-order valence-electron chi connectivity index (χ3n) is 3.07. The molecule has 1 aromatic rings. The van der Waals surface area contributed by atoms with Crippen LogP contribution in [0, 0.1) is 16.7 Å². The van der Waals surface area contributed by atoms with Crippen LogP contribution in [0.4, 0.5) is 5.69 Å². The van der Waals surface area contributed by atoms with Crippen LogP contribution in [0.3, 0.4) is 0 Å². The largest absolute Gasteiger partial charge is 0.491 e. The fourth-order valence-corrected chi connectivity index (χ4v) is 1.97. The second-order valence-corrected chi connectivity index (χ2v) is 6.10.